The van der Waals surface area contributed by atoms with E-state index < -0.39 is 10.8 Å². The maximum atomic E-state index is 2.82. The fraction of sp³-hybridized carbons (Fsp3) is 0.103. The number of hydrogen-bond donors (Lipinski definition) is 0. The Kier molecular flexibility index (Phi) is 12.8. The molecule has 0 N–H and O–H groups in total. The van der Waals surface area contributed by atoms with Crippen LogP contribution in [0.5, 0.6) is 0 Å². The van der Waals surface area contributed by atoms with E-state index in [1.54, 1.807) is 0 Å². The monoisotopic (exact) mass is 1370 g/mol. The van der Waals surface area contributed by atoms with Crippen LogP contribution in [0.2, 0.25) is 0 Å². The van der Waals surface area contributed by atoms with Gasteiger partial charge < -0.3 is 4.90 Å². The first-order valence-electron chi connectivity index (χ1n) is 38.7. The Morgan fingerprint density at radius 2 is 0.713 bits per heavy atom. The third-order valence-electron chi connectivity index (χ3n) is 26.7. The second kappa shape index (κ2) is 22.4. The first-order valence-corrected chi connectivity index (χ1v) is 38.7. The number of hydrogen-bond acceptors (Lipinski definition) is 1. The number of benzene rings is 12. The average molecular weight is 1370 g/mol. The average Bonchev–Trinajstić information content (AvgIpc) is 1.46. The van der Waals surface area contributed by atoms with Gasteiger partial charge in [0.05, 0.1) is 22.2 Å². The van der Waals surface area contributed by atoms with Crippen molar-refractivity contribution in [3.63, 3.8) is 0 Å². The van der Waals surface area contributed by atoms with Gasteiger partial charge in [0.25, 0.3) is 0 Å². The summed E-state index contributed by atoms with van der Waals surface area (Å²) in [6.07, 6.45) is 37.4. The first-order chi connectivity index (χ1) is 53.0. The van der Waals surface area contributed by atoms with Crippen molar-refractivity contribution in [3.05, 3.63) is 430 Å². The number of anilines is 2. The summed E-state index contributed by atoms with van der Waals surface area (Å²) in [4.78, 5) is 2.82. The van der Waals surface area contributed by atoms with Gasteiger partial charge in [0.15, 0.2) is 0 Å². The van der Waals surface area contributed by atoms with E-state index in [4.69, 9.17) is 0 Å². The van der Waals surface area contributed by atoms with Gasteiger partial charge in [-0.2, -0.15) is 0 Å². The molecule has 1 heteroatoms. The number of aryl methyl sites for hydroxylation is 2. The highest BCUT2D eigenvalue weighted by molar-refractivity contribution is 6.16. The lowest BCUT2D eigenvalue weighted by atomic mass is 9.59. The molecule has 2 atom stereocenters. The molecule has 12 aromatic carbocycles. The Labute approximate surface area is 632 Å². The SMILES string of the molecule is Cc1cc2c(c(-c3c(C4=CC=C5C(=Cc6ccccc65)C45C=CC=C4C5=Cc5ccccc54)ccc4c3-c3c(c(N(C5=CC=C6C(=Cc7ccccc76)C56C=CC=C5C6=Cc6ccccc65)c5ccccc5-c5ccccc5)c(C)c(C)c3-c3c(C)c(C)cc5c3Cc3ccccc3-5)C4)c1C)Cc1ccccc1-2. The Balaban J connectivity index is 0.886. The molecule has 0 saturated heterocycles. The summed E-state index contributed by atoms with van der Waals surface area (Å²) < 4.78 is 0. The molecule has 0 fully saturated rings. The molecule has 0 aliphatic heterocycles. The summed E-state index contributed by atoms with van der Waals surface area (Å²) in [5.74, 6) is 0. The molecule has 108 heavy (non-hydrogen) atoms. The molecule has 1 nitrogen and oxygen atoms in total. The van der Waals surface area contributed by atoms with Gasteiger partial charge in [0, 0.05) is 17.7 Å². The van der Waals surface area contributed by atoms with E-state index in [0.717, 1.165) is 18.5 Å². The second-order valence-electron chi connectivity index (χ2n) is 31.7. The van der Waals surface area contributed by atoms with Crippen molar-refractivity contribution in [2.24, 2.45) is 10.8 Å². The zero-order valence-corrected chi connectivity index (χ0v) is 61.5. The molecule has 0 heterocycles. The Bertz CT molecular complexity index is 6620. The third-order valence-corrected chi connectivity index (χ3v) is 26.7. The van der Waals surface area contributed by atoms with Crippen molar-refractivity contribution < 1.29 is 0 Å². The number of fused-ring (bicyclic) bond motifs is 25. The largest absolute Gasteiger partial charge is 0.311 e. The molecule has 12 aromatic rings. The van der Waals surface area contributed by atoms with Gasteiger partial charge in [-0.15, -0.1) is 0 Å². The highest BCUT2D eigenvalue weighted by Gasteiger charge is 2.54. The van der Waals surface area contributed by atoms with E-state index >= 15 is 0 Å². The quantitative estimate of drug-likeness (QED) is 0.154. The third kappa shape index (κ3) is 8.10. The maximum Gasteiger partial charge on any atom is 0.0803 e. The van der Waals surface area contributed by atoms with Crippen LogP contribution < -0.4 is 4.90 Å². The molecule has 23 rings (SSSR count). The van der Waals surface area contributed by atoms with E-state index in [0.29, 0.717) is 6.42 Å². The summed E-state index contributed by atoms with van der Waals surface area (Å²) in [6.45, 7) is 14.7. The van der Waals surface area contributed by atoms with Crippen LogP contribution in [0.4, 0.5) is 11.4 Å². The van der Waals surface area contributed by atoms with E-state index in [2.05, 4.69) is 356 Å². The van der Waals surface area contributed by atoms with E-state index in [-0.39, 0.29) is 0 Å². The van der Waals surface area contributed by atoms with Crippen LogP contribution >= 0.6 is 0 Å². The summed E-state index contributed by atoms with van der Waals surface area (Å²) in [7, 11) is 0. The van der Waals surface area contributed by atoms with Crippen molar-refractivity contribution >= 4 is 63.5 Å². The normalized spacial score (nSPS) is 18.5. The topological polar surface area (TPSA) is 3.24 Å². The van der Waals surface area contributed by atoms with Gasteiger partial charge in [0.1, 0.15) is 0 Å². The molecule has 0 aromatic heterocycles. The van der Waals surface area contributed by atoms with Crippen LogP contribution in [-0.4, -0.2) is 0 Å². The predicted molar refractivity (Wildman–Crippen MR) is 453 cm³/mol. The lowest BCUT2D eigenvalue weighted by Crippen LogP contribution is -2.38. The van der Waals surface area contributed by atoms with Crippen LogP contribution in [0.1, 0.15) is 117 Å². The van der Waals surface area contributed by atoms with Crippen molar-refractivity contribution in [2.75, 3.05) is 4.90 Å². The van der Waals surface area contributed by atoms with Crippen molar-refractivity contribution in [3.8, 4) is 66.8 Å². The molecule has 0 saturated carbocycles. The van der Waals surface area contributed by atoms with Crippen LogP contribution in [0.15, 0.2) is 313 Å². The van der Waals surface area contributed by atoms with Gasteiger partial charge >= 0.3 is 0 Å². The van der Waals surface area contributed by atoms with Crippen LogP contribution in [0.3, 0.4) is 0 Å². The number of rotatable bonds is 7. The van der Waals surface area contributed by atoms with Crippen LogP contribution in [0.25, 0.3) is 119 Å². The van der Waals surface area contributed by atoms with Gasteiger partial charge in [-0.1, -0.05) is 273 Å². The Morgan fingerprint density at radius 1 is 0.278 bits per heavy atom. The Hall–Kier alpha value is -12.7. The molecule has 0 amide bonds. The lowest BCUT2D eigenvalue weighted by molar-refractivity contribution is 0.676. The van der Waals surface area contributed by atoms with E-state index in [1.807, 2.05) is 0 Å². The fourth-order valence-corrected chi connectivity index (χ4v) is 21.6. The minimum Gasteiger partial charge on any atom is -0.311 e. The molecule has 0 bridgehead atoms. The highest BCUT2D eigenvalue weighted by atomic mass is 15.2. The lowest BCUT2D eigenvalue weighted by Gasteiger charge is -2.47. The molecule has 11 aliphatic carbocycles. The van der Waals surface area contributed by atoms with Crippen molar-refractivity contribution in [1.82, 2.24) is 0 Å². The molecule has 2 unspecified atom stereocenters. The van der Waals surface area contributed by atoms with Gasteiger partial charge in [-0.25, -0.2) is 0 Å². The minimum atomic E-state index is -0.766. The molecular weight excluding hydrogens is 1300 g/mol. The summed E-state index contributed by atoms with van der Waals surface area (Å²) in [6, 6.07) is 85.7. The predicted octanol–water partition coefficient (Wildman–Crippen LogP) is 26.7. The second-order valence-corrected chi connectivity index (χ2v) is 31.7. The van der Waals surface area contributed by atoms with E-state index in [1.165, 1.54) is 245 Å². The smallest absolute Gasteiger partial charge is 0.0803 e. The highest BCUT2D eigenvalue weighted by Crippen LogP contribution is 2.69. The molecule has 2 spiro atoms. The summed E-state index contributed by atoms with van der Waals surface area (Å²) in [5, 5.41) is 0. The summed E-state index contributed by atoms with van der Waals surface area (Å²) >= 11 is 0. The molecule has 11 aliphatic rings. The molecular formula is C107H75N. The van der Waals surface area contributed by atoms with Crippen molar-refractivity contribution in [2.45, 2.75) is 60.8 Å². The zero-order chi connectivity index (χ0) is 71.7. The van der Waals surface area contributed by atoms with Crippen LogP contribution in [0, 0.1) is 52.4 Å². The molecule has 0 radical (unpaired) electrons. The standard InChI is InChI=1S/C107H75N/c1-61-52-87-79-38-20-10-28-68(79)54-89(87)99(63(61)3)101-65(5)66(6)105(108(97-43-23-22-40-81(97)67-26-8-7-9-27-67)98-49-47-85-78-37-19-15-33-73(78)60-96(85)107(98)51-25-42-83-76-35-17-13-32-72(76)59-95(83)107)91-56-74-44-45-86(103(102(74)104(91)101)100-64(4)62(2)53-88-80-39-21-11-29-69(80)55-90(88)100)92-48-46-84-77-36-18-14-31-71(77)58-94(84)106(92)50-24-41-82-75-34-16-12-30-70(75)57-93(82)106/h7-53,57-60H,54-56H2,1-6H3. The summed E-state index contributed by atoms with van der Waals surface area (Å²) in [5.41, 5.74) is 57.4. The van der Waals surface area contributed by atoms with E-state index in [9.17, 15) is 0 Å². The molecule has 508 valence electrons. The maximum absolute atomic E-state index is 2.82. The van der Waals surface area contributed by atoms with Crippen LogP contribution in [-0.2, 0) is 19.3 Å². The Morgan fingerprint density at radius 3 is 1.26 bits per heavy atom. The number of para-hydroxylation sites is 1. The van der Waals surface area contributed by atoms with Gasteiger partial charge in [0.2, 0.25) is 0 Å². The van der Waals surface area contributed by atoms with Gasteiger partial charge in [-0.05, 0) is 319 Å². The van der Waals surface area contributed by atoms with Gasteiger partial charge in [-0.3, -0.25) is 0 Å². The number of nitrogens with zero attached hydrogens (tertiary/aromatic N) is 1. The fourth-order valence-electron chi connectivity index (χ4n) is 21.6. The van der Waals surface area contributed by atoms with Crippen molar-refractivity contribution in [1.29, 1.82) is 0 Å². The minimum absolute atomic E-state index is 0.687. The number of allylic oxidation sites excluding steroid dienone is 17. The zero-order valence-electron chi connectivity index (χ0n) is 61.5. The first kappa shape index (κ1) is 61.6.